The van der Waals surface area contributed by atoms with E-state index in [4.69, 9.17) is 28.9 Å². The molecule has 0 unspecified atom stereocenters. The van der Waals surface area contributed by atoms with E-state index in [0.717, 1.165) is 16.8 Å². The third-order valence-electron chi connectivity index (χ3n) is 3.06. The lowest BCUT2D eigenvalue weighted by molar-refractivity contribution is 0.898. The third-order valence-corrected chi connectivity index (χ3v) is 3.56. The molecule has 1 aromatic heterocycles. The predicted octanol–water partition coefficient (Wildman–Crippen LogP) is 4.32. The maximum Gasteiger partial charge on any atom is 0.221 e. The van der Waals surface area contributed by atoms with Crippen molar-refractivity contribution in [3.63, 3.8) is 0 Å². The van der Waals surface area contributed by atoms with Crippen molar-refractivity contribution >= 4 is 35.4 Å². The standard InChI is InChI=1S/C16H12Cl2N4/c17-13-5-1-11(2-6-13)9-20-22-10-15(21-16(22)19)12-3-7-14(18)8-4-12/h1-10H,(H2,19,21)/b20-9+. The van der Waals surface area contributed by atoms with Gasteiger partial charge in [-0.3, -0.25) is 0 Å². The van der Waals surface area contributed by atoms with Gasteiger partial charge in [-0.2, -0.15) is 5.10 Å². The second-order valence-corrected chi connectivity index (χ2v) is 5.50. The van der Waals surface area contributed by atoms with Gasteiger partial charge in [0.15, 0.2) is 0 Å². The Morgan fingerprint density at radius 3 is 2.18 bits per heavy atom. The van der Waals surface area contributed by atoms with Gasteiger partial charge in [0.2, 0.25) is 5.95 Å². The Labute approximate surface area is 137 Å². The van der Waals surface area contributed by atoms with Crippen molar-refractivity contribution in [2.24, 2.45) is 5.10 Å². The van der Waals surface area contributed by atoms with Crippen molar-refractivity contribution in [1.82, 2.24) is 9.66 Å². The van der Waals surface area contributed by atoms with Crippen LogP contribution in [0.3, 0.4) is 0 Å². The van der Waals surface area contributed by atoms with Gasteiger partial charge in [0.05, 0.1) is 18.1 Å². The summed E-state index contributed by atoms with van der Waals surface area (Å²) >= 11 is 11.7. The molecule has 0 saturated carbocycles. The molecule has 110 valence electrons. The number of nitrogen functional groups attached to an aromatic ring is 1. The maximum absolute atomic E-state index is 5.89. The van der Waals surface area contributed by atoms with Crippen LogP contribution in [0.25, 0.3) is 11.3 Å². The van der Waals surface area contributed by atoms with E-state index in [9.17, 15) is 0 Å². The molecule has 3 aromatic rings. The molecular formula is C16H12Cl2N4. The highest BCUT2D eigenvalue weighted by atomic mass is 35.5. The summed E-state index contributed by atoms with van der Waals surface area (Å²) in [6.07, 6.45) is 3.46. The molecule has 0 amide bonds. The predicted molar refractivity (Wildman–Crippen MR) is 91.5 cm³/mol. The molecule has 3 rings (SSSR count). The number of rotatable bonds is 3. The van der Waals surface area contributed by atoms with E-state index in [1.54, 1.807) is 24.5 Å². The second-order valence-electron chi connectivity index (χ2n) is 4.63. The van der Waals surface area contributed by atoms with E-state index in [1.807, 2.05) is 36.4 Å². The average molecular weight is 331 g/mol. The molecule has 0 atom stereocenters. The molecule has 2 aromatic carbocycles. The van der Waals surface area contributed by atoms with Crippen LogP contribution in [0.15, 0.2) is 59.8 Å². The van der Waals surface area contributed by atoms with Gasteiger partial charge >= 0.3 is 0 Å². The Balaban J connectivity index is 1.86. The lowest BCUT2D eigenvalue weighted by Gasteiger charge is -1.96. The summed E-state index contributed by atoms with van der Waals surface area (Å²) in [4.78, 5) is 4.30. The van der Waals surface area contributed by atoms with Crippen LogP contribution < -0.4 is 5.73 Å². The molecule has 0 saturated heterocycles. The van der Waals surface area contributed by atoms with Crippen LogP contribution in [-0.4, -0.2) is 15.9 Å². The van der Waals surface area contributed by atoms with Crippen LogP contribution in [0.5, 0.6) is 0 Å². The van der Waals surface area contributed by atoms with Crippen LogP contribution in [0.1, 0.15) is 5.56 Å². The number of halogens is 2. The fraction of sp³-hybridized carbons (Fsp3) is 0. The van der Waals surface area contributed by atoms with E-state index < -0.39 is 0 Å². The molecular weight excluding hydrogens is 319 g/mol. The highest BCUT2D eigenvalue weighted by Gasteiger charge is 2.06. The zero-order valence-corrected chi connectivity index (χ0v) is 13.0. The van der Waals surface area contributed by atoms with E-state index in [1.165, 1.54) is 4.68 Å². The smallest absolute Gasteiger partial charge is 0.221 e. The summed E-state index contributed by atoms with van der Waals surface area (Å²) in [5.74, 6) is 0.315. The Bertz CT molecular complexity index is 805. The summed E-state index contributed by atoms with van der Waals surface area (Å²) < 4.78 is 1.53. The minimum absolute atomic E-state index is 0.315. The Kier molecular flexibility index (Phi) is 4.13. The highest BCUT2D eigenvalue weighted by molar-refractivity contribution is 6.30. The van der Waals surface area contributed by atoms with E-state index in [0.29, 0.717) is 16.0 Å². The first-order valence-corrected chi connectivity index (χ1v) is 7.28. The first-order valence-electron chi connectivity index (χ1n) is 6.52. The van der Waals surface area contributed by atoms with Gasteiger partial charge in [-0.15, -0.1) is 0 Å². The van der Waals surface area contributed by atoms with E-state index in [2.05, 4.69) is 10.1 Å². The fourth-order valence-corrected chi connectivity index (χ4v) is 2.17. The van der Waals surface area contributed by atoms with Gasteiger partial charge in [0.1, 0.15) is 0 Å². The Morgan fingerprint density at radius 2 is 1.55 bits per heavy atom. The van der Waals surface area contributed by atoms with Crippen molar-refractivity contribution in [3.05, 3.63) is 70.3 Å². The number of nitrogens with zero attached hydrogens (tertiary/aromatic N) is 3. The number of nitrogens with two attached hydrogens (primary N) is 1. The molecule has 0 radical (unpaired) electrons. The SMILES string of the molecule is Nc1nc(-c2ccc(Cl)cc2)cn1/N=C/c1ccc(Cl)cc1. The molecule has 0 spiro atoms. The van der Waals surface area contributed by atoms with Crippen LogP contribution in [0, 0.1) is 0 Å². The molecule has 4 nitrogen and oxygen atoms in total. The number of anilines is 1. The van der Waals surface area contributed by atoms with Crippen LogP contribution in [-0.2, 0) is 0 Å². The van der Waals surface area contributed by atoms with Crippen LogP contribution in [0.4, 0.5) is 5.95 Å². The number of aromatic nitrogens is 2. The van der Waals surface area contributed by atoms with Gasteiger partial charge in [-0.1, -0.05) is 47.5 Å². The van der Waals surface area contributed by atoms with Gasteiger partial charge < -0.3 is 5.73 Å². The molecule has 22 heavy (non-hydrogen) atoms. The fourth-order valence-electron chi connectivity index (χ4n) is 1.92. The zero-order chi connectivity index (χ0) is 15.5. The summed E-state index contributed by atoms with van der Waals surface area (Å²) in [6, 6.07) is 14.7. The van der Waals surface area contributed by atoms with Crippen molar-refractivity contribution < 1.29 is 0 Å². The molecule has 1 heterocycles. The molecule has 0 aliphatic carbocycles. The average Bonchev–Trinajstić information content (AvgIpc) is 2.88. The van der Waals surface area contributed by atoms with Crippen LogP contribution >= 0.6 is 23.2 Å². The Morgan fingerprint density at radius 1 is 0.955 bits per heavy atom. The topological polar surface area (TPSA) is 56.2 Å². The number of hydrogen-bond donors (Lipinski definition) is 1. The first kappa shape index (κ1) is 14.6. The summed E-state index contributed by atoms with van der Waals surface area (Å²) in [6.45, 7) is 0. The number of benzene rings is 2. The number of imidazole rings is 1. The van der Waals surface area contributed by atoms with Crippen molar-refractivity contribution in [2.45, 2.75) is 0 Å². The molecule has 0 aliphatic rings. The van der Waals surface area contributed by atoms with E-state index >= 15 is 0 Å². The second kappa shape index (κ2) is 6.22. The third kappa shape index (κ3) is 3.30. The largest absolute Gasteiger partial charge is 0.368 e. The van der Waals surface area contributed by atoms with Crippen molar-refractivity contribution in [1.29, 1.82) is 0 Å². The normalized spacial score (nSPS) is 11.2. The quantitative estimate of drug-likeness (QED) is 0.727. The highest BCUT2D eigenvalue weighted by Crippen LogP contribution is 2.21. The Hall–Kier alpha value is -2.30. The zero-order valence-electron chi connectivity index (χ0n) is 11.4. The minimum atomic E-state index is 0.315. The van der Waals surface area contributed by atoms with Gasteiger partial charge in [0, 0.05) is 15.6 Å². The molecule has 0 aliphatic heterocycles. The van der Waals surface area contributed by atoms with Crippen molar-refractivity contribution in [2.75, 3.05) is 5.73 Å². The van der Waals surface area contributed by atoms with Gasteiger partial charge in [0.25, 0.3) is 0 Å². The molecule has 0 bridgehead atoms. The van der Waals surface area contributed by atoms with E-state index in [-0.39, 0.29) is 0 Å². The van der Waals surface area contributed by atoms with Crippen LogP contribution in [0.2, 0.25) is 10.0 Å². The molecule has 6 heteroatoms. The van der Waals surface area contributed by atoms with Crippen molar-refractivity contribution in [3.8, 4) is 11.3 Å². The lowest BCUT2D eigenvalue weighted by atomic mass is 10.2. The summed E-state index contributed by atoms with van der Waals surface area (Å²) in [7, 11) is 0. The minimum Gasteiger partial charge on any atom is -0.368 e. The monoisotopic (exact) mass is 330 g/mol. The van der Waals surface area contributed by atoms with Gasteiger partial charge in [-0.25, -0.2) is 9.66 Å². The van der Waals surface area contributed by atoms with Gasteiger partial charge in [-0.05, 0) is 29.8 Å². The maximum atomic E-state index is 5.89. The summed E-state index contributed by atoms with van der Waals surface area (Å²) in [5.41, 5.74) is 8.48. The first-order chi connectivity index (χ1) is 10.6. The lowest BCUT2D eigenvalue weighted by Crippen LogP contribution is -1.96. The summed E-state index contributed by atoms with van der Waals surface area (Å²) in [5, 5.41) is 5.67. The molecule has 0 fully saturated rings. The molecule has 2 N–H and O–H groups in total. The number of hydrogen-bond acceptors (Lipinski definition) is 3.